The lowest BCUT2D eigenvalue weighted by Gasteiger charge is -2.40. The first-order valence-electron chi connectivity index (χ1n) is 7.88. The summed E-state index contributed by atoms with van der Waals surface area (Å²) in [4.78, 5) is 14.1. The molecule has 0 saturated carbocycles. The van der Waals surface area contributed by atoms with E-state index < -0.39 is 0 Å². The van der Waals surface area contributed by atoms with E-state index in [4.69, 9.17) is 4.74 Å². The van der Waals surface area contributed by atoms with E-state index in [1.807, 2.05) is 23.1 Å². The van der Waals surface area contributed by atoms with Crippen molar-refractivity contribution >= 4 is 6.09 Å². The van der Waals surface area contributed by atoms with Crippen LogP contribution in [0.2, 0.25) is 0 Å². The van der Waals surface area contributed by atoms with E-state index >= 15 is 0 Å². The van der Waals surface area contributed by atoms with Gasteiger partial charge in [-0.05, 0) is 29.9 Å². The van der Waals surface area contributed by atoms with E-state index in [2.05, 4.69) is 42.5 Å². The average molecular weight is 293 g/mol. The highest BCUT2D eigenvalue weighted by Crippen LogP contribution is 2.44. The average Bonchev–Trinajstić information content (AvgIpc) is 2.97. The van der Waals surface area contributed by atoms with Crippen molar-refractivity contribution in [2.24, 2.45) is 0 Å². The highest BCUT2D eigenvalue weighted by Gasteiger charge is 2.44. The normalized spacial score (nSPS) is 27.4. The molecule has 0 spiro atoms. The molecule has 2 heterocycles. The fourth-order valence-electron chi connectivity index (χ4n) is 3.81. The monoisotopic (exact) mass is 293 g/mol. The summed E-state index contributed by atoms with van der Waals surface area (Å²) in [7, 11) is 0. The van der Waals surface area contributed by atoms with Gasteiger partial charge in [0, 0.05) is 0 Å². The second kappa shape index (κ2) is 5.48. The van der Waals surface area contributed by atoms with Crippen LogP contribution in [0.1, 0.15) is 35.9 Å². The number of carbonyl (C=O) groups excluding carboxylic acids is 1. The van der Waals surface area contributed by atoms with Gasteiger partial charge in [0.1, 0.15) is 6.61 Å². The molecule has 2 fully saturated rings. The van der Waals surface area contributed by atoms with Crippen molar-refractivity contribution in [3.05, 3.63) is 71.8 Å². The zero-order chi connectivity index (χ0) is 14.9. The topological polar surface area (TPSA) is 29.5 Å². The minimum atomic E-state index is -0.162. The maximum absolute atomic E-state index is 12.1. The highest BCUT2D eigenvalue weighted by molar-refractivity contribution is 5.71. The van der Waals surface area contributed by atoms with Crippen LogP contribution in [0.5, 0.6) is 0 Å². The Bertz CT molecular complexity index is 656. The number of piperidine rings is 1. The van der Waals surface area contributed by atoms with Crippen molar-refractivity contribution < 1.29 is 9.53 Å². The maximum atomic E-state index is 12.1. The Morgan fingerprint density at radius 3 is 2.18 bits per heavy atom. The van der Waals surface area contributed by atoms with Gasteiger partial charge in [0.25, 0.3) is 0 Å². The molecular weight excluding hydrogens is 274 g/mol. The summed E-state index contributed by atoms with van der Waals surface area (Å²) in [6, 6.07) is 21.2. The second-order valence-electron chi connectivity index (χ2n) is 6.14. The van der Waals surface area contributed by atoms with Crippen molar-refractivity contribution in [2.45, 2.75) is 30.8 Å². The minimum absolute atomic E-state index is 0.111. The van der Waals surface area contributed by atoms with Crippen molar-refractivity contribution in [1.82, 2.24) is 4.90 Å². The number of cyclic esters (lactones) is 1. The van der Waals surface area contributed by atoms with E-state index in [0.717, 1.165) is 12.8 Å². The molecule has 0 radical (unpaired) electrons. The summed E-state index contributed by atoms with van der Waals surface area (Å²) < 4.78 is 5.32. The van der Waals surface area contributed by atoms with Crippen LogP contribution < -0.4 is 0 Å². The summed E-state index contributed by atoms with van der Waals surface area (Å²) in [5.41, 5.74) is 2.56. The predicted octanol–water partition coefficient (Wildman–Crippen LogP) is 4.13. The molecule has 2 aromatic rings. The molecule has 2 saturated heterocycles. The lowest BCUT2D eigenvalue weighted by molar-refractivity contribution is 0.121. The Hall–Kier alpha value is -2.29. The first kappa shape index (κ1) is 13.4. The molecule has 3 atom stereocenters. The van der Waals surface area contributed by atoms with Gasteiger partial charge < -0.3 is 4.74 Å². The molecule has 2 aliphatic heterocycles. The van der Waals surface area contributed by atoms with Gasteiger partial charge in [-0.25, -0.2) is 4.79 Å². The highest BCUT2D eigenvalue weighted by atomic mass is 16.6. The van der Waals surface area contributed by atoms with Crippen LogP contribution in [-0.2, 0) is 4.74 Å². The molecule has 2 aromatic carbocycles. The van der Waals surface area contributed by atoms with Gasteiger partial charge >= 0.3 is 6.09 Å². The van der Waals surface area contributed by atoms with Crippen molar-refractivity contribution in [2.75, 3.05) is 6.61 Å². The predicted molar refractivity (Wildman–Crippen MR) is 84.6 cm³/mol. The van der Waals surface area contributed by atoms with Gasteiger partial charge in [-0.1, -0.05) is 60.7 Å². The molecule has 2 aliphatic rings. The molecular formula is C19H19NO2. The first-order chi connectivity index (χ1) is 10.8. The molecule has 0 bridgehead atoms. The molecule has 1 amide bonds. The molecule has 4 rings (SSSR count). The fraction of sp³-hybridized carbons (Fsp3) is 0.316. The van der Waals surface area contributed by atoms with E-state index in [1.165, 1.54) is 11.1 Å². The number of amides is 1. The van der Waals surface area contributed by atoms with Crippen LogP contribution in [0.25, 0.3) is 0 Å². The van der Waals surface area contributed by atoms with Crippen LogP contribution in [0, 0.1) is 0 Å². The largest absolute Gasteiger partial charge is 0.447 e. The number of carbonyl (C=O) groups is 1. The number of fused-ring (bicyclic) bond motifs is 1. The SMILES string of the molecule is O=C1OCC2CC(c3ccccc3)CC(c3ccccc3)N12. The van der Waals surface area contributed by atoms with Crippen LogP contribution >= 0.6 is 0 Å². The Morgan fingerprint density at radius 1 is 0.864 bits per heavy atom. The third-order valence-corrected chi connectivity index (χ3v) is 4.86. The van der Waals surface area contributed by atoms with E-state index in [9.17, 15) is 4.79 Å². The van der Waals surface area contributed by atoms with Crippen molar-refractivity contribution in [1.29, 1.82) is 0 Å². The summed E-state index contributed by atoms with van der Waals surface area (Å²) >= 11 is 0. The Kier molecular flexibility index (Phi) is 3.34. The fourth-order valence-corrected chi connectivity index (χ4v) is 3.81. The number of benzene rings is 2. The third-order valence-electron chi connectivity index (χ3n) is 4.86. The third kappa shape index (κ3) is 2.27. The number of nitrogens with zero attached hydrogens (tertiary/aromatic N) is 1. The van der Waals surface area contributed by atoms with Crippen molar-refractivity contribution in [3.63, 3.8) is 0 Å². The van der Waals surface area contributed by atoms with Gasteiger partial charge in [-0.3, -0.25) is 4.90 Å². The zero-order valence-electron chi connectivity index (χ0n) is 12.4. The number of rotatable bonds is 2. The molecule has 0 N–H and O–H groups in total. The van der Waals surface area contributed by atoms with Crippen LogP contribution in [0.4, 0.5) is 4.79 Å². The van der Waals surface area contributed by atoms with Gasteiger partial charge in [-0.15, -0.1) is 0 Å². The van der Waals surface area contributed by atoms with Gasteiger partial charge in [0.2, 0.25) is 0 Å². The van der Waals surface area contributed by atoms with Gasteiger partial charge in [0.15, 0.2) is 0 Å². The number of hydrogen-bond acceptors (Lipinski definition) is 2. The summed E-state index contributed by atoms with van der Waals surface area (Å²) in [6.45, 7) is 0.519. The van der Waals surface area contributed by atoms with Gasteiger partial charge in [0.05, 0.1) is 12.1 Å². The van der Waals surface area contributed by atoms with Crippen LogP contribution in [0.3, 0.4) is 0 Å². The molecule has 3 heteroatoms. The Balaban J connectivity index is 1.69. The lowest BCUT2D eigenvalue weighted by Crippen LogP contribution is -2.42. The number of ether oxygens (including phenoxy) is 1. The van der Waals surface area contributed by atoms with E-state index in [1.54, 1.807) is 0 Å². The van der Waals surface area contributed by atoms with Crippen LogP contribution in [0.15, 0.2) is 60.7 Å². The maximum Gasteiger partial charge on any atom is 0.410 e. The molecule has 3 unspecified atom stereocenters. The molecule has 0 aliphatic carbocycles. The standard InChI is InChI=1S/C19H19NO2/c21-19-20-17(13-22-19)11-16(14-7-3-1-4-8-14)12-18(20)15-9-5-2-6-10-15/h1-10,16-18H,11-13H2. The molecule has 112 valence electrons. The smallest absolute Gasteiger partial charge is 0.410 e. The summed E-state index contributed by atoms with van der Waals surface area (Å²) in [6.07, 6.45) is 1.78. The minimum Gasteiger partial charge on any atom is -0.447 e. The van der Waals surface area contributed by atoms with E-state index in [-0.39, 0.29) is 18.2 Å². The summed E-state index contributed by atoms with van der Waals surface area (Å²) in [5.74, 6) is 0.474. The molecule has 0 aromatic heterocycles. The first-order valence-corrected chi connectivity index (χ1v) is 7.88. The Morgan fingerprint density at radius 2 is 1.50 bits per heavy atom. The summed E-state index contributed by atoms with van der Waals surface area (Å²) in [5, 5.41) is 0. The van der Waals surface area contributed by atoms with E-state index in [0.29, 0.717) is 12.5 Å². The zero-order valence-corrected chi connectivity index (χ0v) is 12.4. The van der Waals surface area contributed by atoms with Crippen LogP contribution in [-0.4, -0.2) is 23.6 Å². The van der Waals surface area contributed by atoms with Gasteiger partial charge in [-0.2, -0.15) is 0 Å². The second-order valence-corrected chi connectivity index (χ2v) is 6.14. The molecule has 22 heavy (non-hydrogen) atoms. The number of hydrogen-bond donors (Lipinski definition) is 0. The Labute approximate surface area is 130 Å². The molecule has 3 nitrogen and oxygen atoms in total. The lowest BCUT2D eigenvalue weighted by atomic mass is 9.80. The quantitative estimate of drug-likeness (QED) is 0.833. The van der Waals surface area contributed by atoms with Crippen molar-refractivity contribution in [3.8, 4) is 0 Å².